The molecule has 0 aromatic heterocycles. The lowest BCUT2D eigenvalue weighted by Crippen LogP contribution is -2.45. The first-order valence-corrected chi connectivity index (χ1v) is 6.28. The molecule has 4 heteroatoms. The van der Waals surface area contributed by atoms with E-state index < -0.39 is 11.4 Å². The molecule has 1 aliphatic rings. The Morgan fingerprint density at radius 1 is 1.35 bits per heavy atom. The van der Waals surface area contributed by atoms with Gasteiger partial charge in [-0.2, -0.15) is 0 Å². The number of carbonyl (C=O) groups excluding carboxylic acids is 2. The monoisotopic (exact) mass is 296 g/mol. The molecule has 90 valence electrons. The zero-order valence-electron chi connectivity index (χ0n) is 9.53. The number of ketones is 1. The van der Waals surface area contributed by atoms with Crippen molar-refractivity contribution in [1.82, 2.24) is 0 Å². The van der Waals surface area contributed by atoms with Crippen molar-refractivity contribution in [2.75, 3.05) is 7.11 Å². The Labute approximate surface area is 108 Å². The summed E-state index contributed by atoms with van der Waals surface area (Å²) in [6.07, 6.45) is 2.07. The van der Waals surface area contributed by atoms with E-state index in [1.165, 1.54) is 7.11 Å². The summed E-state index contributed by atoms with van der Waals surface area (Å²) in [5.41, 5.74) is -0.375. The van der Waals surface area contributed by atoms with E-state index in [4.69, 9.17) is 4.74 Å². The van der Waals surface area contributed by atoms with Gasteiger partial charge in [-0.3, -0.25) is 9.59 Å². The molecule has 17 heavy (non-hydrogen) atoms. The van der Waals surface area contributed by atoms with Gasteiger partial charge in [0.2, 0.25) is 0 Å². The molecule has 1 fully saturated rings. The summed E-state index contributed by atoms with van der Waals surface area (Å²) in [6.45, 7) is 0. The third-order valence-electron chi connectivity index (χ3n) is 3.30. The summed E-state index contributed by atoms with van der Waals surface area (Å²) < 4.78 is 5.59. The number of methoxy groups -OCH3 is 1. The first-order valence-electron chi connectivity index (χ1n) is 5.49. The molecule has 0 bridgehead atoms. The summed E-state index contributed by atoms with van der Waals surface area (Å²) in [4.78, 5) is 24.1. The molecule has 0 atom stereocenters. The van der Waals surface area contributed by atoms with Gasteiger partial charge in [-0.05, 0) is 25.0 Å². The van der Waals surface area contributed by atoms with Crippen LogP contribution in [0.2, 0.25) is 0 Å². The molecule has 2 rings (SSSR count). The standard InChI is InChI=1S/C13H13BrO3/c1-17-12(16)13(6-3-7-13)11(15)9-4-2-5-10(14)8-9/h2,4-5,8H,3,6-7H2,1H3. The number of hydrogen-bond acceptors (Lipinski definition) is 3. The Balaban J connectivity index is 2.33. The first-order chi connectivity index (χ1) is 8.10. The van der Waals surface area contributed by atoms with Crippen LogP contribution in [0.5, 0.6) is 0 Å². The third-order valence-corrected chi connectivity index (χ3v) is 3.80. The maximum atomic E-state index is 12.4. The molecule has 1 saturated carbocycles. The van der Waals surface area contributed by atoms with Crippen LogP contribution >= 0.6 is 15.9 Å². The Morgan fingerprint density at radius 3 is 2.53 bits per heavy atom. The normalized spacial score (nSPS) is 17.1. The Bertz CT molecular complexity index is 463. The molecule has 0 spiro atoms. The molecular formula is C13H13BrO3. The largest absolute Gasteiger partial charge is 0.468 e. The lowest BCUT2D eigenvalue weighted by atomic mass is 9.64. The van der Waals surface area contributed by atoms with E-state index in [1.54, 1.807) is 18.2 Å². The molecule has 1 aliphatic carbocycles. The minimum absolute atomic E-state index is 0.128. The van der Waals surface area contributed by atoms with E-state index in [9.17, 15) is 9.59 Å². The van der Waals surface area contributed by atoms with Crippen molar-refractivity contribution < 1.29 is 14.3 Å². The number of ether oxygens (including phenoxy) is 1. The minimum atomic E-state index is -0.935. The van der Waals surface area contributed by atoms with Gasteiger partial charge in [-0.15, -0.1) is 0 Å². The fourth-order valence-corrected chi connectivity index (χ4v) is 2.55. The summed E-state index contributed by atoms with van der Waals surface area (Å²) in [6, 6.07) is 7.12. The first kappa shape index (κ1) is 12.3. The predicted molar refractivity (Wildman–Crippen MR) is 66.8 cm³/mol. The Kier molecular flexibility index (Phi) is 3.33. The smallest absolute Gasteiger partial charge is 0.319 e. The van der Waals surface area contributed by atoms with Crippen LogP contribution < -0.4 is 0 Å². The van der Waals surface area contributed by atoms with Crippen LogP contribution in [0.1, 0.15) is 29.6 Å². The highest BCUT2D eigenvalue weighted by molar-refractivity contribution is 9.10. The molecule has 1 aromatic carbocycles. The predicted octanol–water partition coefficient (Wildman–Crippen LogP) is 2.98. The van der Waals surface area contributed by atoms with Crippen molar-refractivity contribution in [1.29, 1.82) is 0 Å². The van der Waals surface area contributed by atoms with Gasteiger partial charge < -0.3 is 4.74 Å². The summed E-state index contributed by atoms with van der Waals surface area (Å²) in [5.74, 6) is -0.536. The van der Waals surface area contributed by atoms with Crippen LogP contribution in [-0.4, -0.2) is 18.9 Å². The number of esters is 1. The SMILES string of the molecule is COC(=O)C1(C(=O)c2cccc(Br)c2)CCC1. The van der Waals surface area contributed by atoms with Gasteiger partial charge >= 0.3 is 5.97 Å². The summed E-state index contributed by atoms with van der Waals surface area (Å²) in [5, 5.41) is 0. The topological polar surface area (TPSA) is 43.4 Å². The van der Waals surface area contributed by atoms with E-state index in [0.29, 0.717) is 18.4 Å². The van der Waals surface area contributed by atoms with Crippen molar-refractivity contribution in [3.63, 3.8) is 0 Å². The highest BCUT2D eigenvalue weighted by Crippen LogP contribution is 2.44. The van der Waals surface area contributed by atoms with Crippen LogP contribution in [0.15, 0.2) is 28.7 Å². The summed E-state index contributed by atoms with van der Waals surface area (Å²) in [7, 11) is 1.33. The molecule has 0 radical (unpaired) electrons. The highest BCUT2D eigenvalue weighted by atomic mass is 79.9. The number of rotatable bonds is 3. The van der Waals surface area contributed by atoms with Crippen molar-refractivity contribution in [2.45, 2.75) is 19.3 Å². The van der Waals surface area contributed by atoms with E-state index >= 15 is 0 Å². The molecular weight excluding hydrogens is 284 g/mol. The van der Waals surface area contributed by atoms with Gasteiger partial charge in [-0.1, -0.05) is 34.5 Å². The second-order valence-corrected chi connectivity index (χ2v) is 5.18. The van der Waals surface area contributed by atoms with E-state index in [0.717, 1.165) is 10.9 Å². The molecule has 0 saturated heterocycles. The number of Topliss-reactive ketones (excluding diaryl/α,β-unsaturated/α-hetero) is 1. The molecule has 0 N–H and O–H groups in total. The van der Waals surface area contributed by atoms with Crippen molar-refractivity contribution >= 4 is 27.7 Å². The minimum Gasteiger partial charge on any atom is -0.468 e. The quantitative estimate of drug-likeness (QED) is 0.489. The van der Waals surface area contributed by atoms with E-state index in [-0.39, 0.29) is 5.78 Å². The maximum Gasteiger partial charge on any atom is 0.319 e. The second-order valence-electron chi connectivity index (χ2n) is 4.27. The van der Waals surface area contributed by atoms with Gasteiger partial charge in [-0.25, -0.2) is 0 Å². The Morgan fingerprint density at radius 2 is 2.06 bits per heavy atom. The van der Waals surface area contributed by atoms with Crippen LogP contribution in [0.25, 0.3) is 0 Å². The lowest BCUT2D eigenvalue weighted by Gasteiger charge is -2.37. The highest BCUT2D eigenvalue weighted by Gasteiger charge is 2.51. The fraction of sp³-hybridized carbons (Fsp3) is 0.385. The number of carbonyl (C=O) groups is 2. The number of hydrogen-bond donors (Lipinski definition) is 0. The molecule has 3 nitrogen and oxygen atoms in total. The van der Waals surface area contributed by atoms with E-state index in [1.807, 2.05) is 6.07 Å². The van der Waals surface area contributed by atoms with Crippen molar-refractivity contribution in [2.24, 2.45) is 5.41 Å². The second kappa shape index (κ2) is 4.61. The van der Waals surface area contributed by atoms with E-state index in [2.05, 4.69) is 15.9 Å². The summed E-state index contributed by atoms with van der Waals surface area (Å²) >= 11 is 3.32. The molecule has 0 heterocycles. The van der Waals surface area contributed by atoms with Crippen LogP contribution in [0, 0.1) is 5.41 Å². The van der Waals surface area contributed by atoms with Crippen LogP contribution in [0.4, 0.5) is 0 Å². The fourth-order valence-electron chi connectivity index (χ4n) is 2.16. The van der Waals surface area contributed by atoms with Crippen molar-refractivity contribution in [3.05, 3.63) is 34.3 Å². The van der Waals surface area contributed by atoms with Gasteiger partial charge in [0.25, 0.3) is 0 Å². The maximum absolute atomic E-state index is 12.4. The van der Waals surface area contributed by atoms with Crippen LogP contribution in [0.3, 0.4) is 0 Å². The van der Waals surface area contributed by atoms with Gasteiger partial charge in [0.1, 0.15) is 5.41 Å². The molecule has 0 unspecified atom stereocenters. The van der Waals surface area contributed by atoms with Gasteiger partial charge in [0.15, 0.2) is 5.78 Å². The van der Waals surface area contributed by atoms with Crippen molar-refractivity contribution in [3.8, 4) is 0 Å². The third kappa shape index (κ3) is 2.02. The average molecular weight is 297 g/mol. The average Bonchev–Trinajstić information content (AvgIpc) is 2.27. The van der Waals surface area contributed by atoms with Gasteiger partial charge in [0.05, 0.1) is 7.11 Å². The Hall–Kier alpha value is -1.16. The zero-order chi connectivity index (χ0) is 12.5. The number of halogens is 1. The number of benzene rings is 1. The molecule has 1 aromatic rings. The molecule has 0 amide bonds. The van der Waals surface area contributed by atoms with Gasteiger partial charge in [0, 0.05) is 10.0 Å². The lowest BCUT2D eigenvalue weighted by molar-refractivity contribution is -0.153. The zero-order valence-corrected chi connectivity index (χ0v) is 11.1. The van der Waals surface area contributed by atoms with Crippen LogP contribution in [-0.2, 0) is 9.53 Å². The molecule has 0 aliphatic heterocycles.